The molecule has 2 unspecified atom stereocenters. The smallest absolute Gasteiger partial charge is 0.335 e. The number of halogens is 10. The highest BCUT2D eigenvalue weighted by molar-refractivity contribution is 5.94. The molecule has 2 atom stereocenters. The summed E-state index contributed by atoms with van der Waals surface area (Å²) in [6.45, 7) is 0.590. The van der Waals surface area contributed by atoms with E-state index < -0.39 is 95.1 Å². The van der Waals surface area contributed by atoms with Gasteiger partial charge in [-0.2, -0.15) is 10.5 Å². The zero-order valence-corrected chi connectivity index (χ0v) is 48.7. The van der Waals surface area contributed by atoms with Crippen molar-refractivity contribution in [2.24, 2.45) is 10.8 Å². The molecule has 6 aromatic carbocycles. The third-order valence-corrected chi connectivity index (χ3v) is 17.5. The summed E-state index contributed by atoms with van der Waals surface area (Å²) in [5, 5.41) is 36.9. The summed E-state index contributed by atoms with van der Waals surface area (Å²) >= 11 is 0. The molecule has 2 saturated heterocycles. The first-order chi connectivity index (χ1) is 45.1. The molecule has 0 radical (unpaired) electrons. The van der Waals surface area contributed by atoms with Gasteiger partial charge in [0.15, 0.2) is 23.3 Å². The maximum Gasteiger partial charge on any atom is 0.335 e. The van der Waals surface area contributed by atoms with Crippen LogP contribution in [0.3, 0.4) is 0 Å². The number of rotatable bonds is 16. The van der Waals surface area contributed by atoms with E-state index in [0.717, 1.165) is 98.5 Å². The molecule has 2 spiro atoms. The van der Waals surface area contributed by atoms with Crippen LogP contribution in [-0.4, -0.2) is 77.6 Å². The average molecular weight is 1290 g/mol. The third kappa shape index (κ3) is 11.7. The normalized spacial score (nSPS) is 16.5. The minimum Gasteiger partial charge on any atom is -0.478 e. The second-order valence-electron chi connectivity index (χ2n) is 23.4. The molecule has 476 valence electrons. The van der Waals surface area contributed by atoms with Gasteiger partial charge in [-0.15, -0.1) is 0 Å². The van der Waals surface area contributed by atoms with Crippen molar-refractivity contribution in [2.75, 3.05) is 26.4 Å². The number of aromatic carboxylic acids is 2. The minimum absolute atomic E-state index is 0.0269. The monoisotopic (exact) mass is 1290 g/mol. The lowest BCUT2D eigenvalue weighted by Crippen LogP contribution is -2.21. The van der Waals surface area contributed by atoms with Gasteiger partial charge in [-0.05, 0) is 134 Å². The van der Waals surface area contributed by atoms with Gasteiger partial charge in [0.2, 0.25) is 0 Å². The van der Waals surface area contributed by atoms with Crippen molar-refractivity contribution in [3.05, 3.63) is 224 Å². The van der Waals surface area contributed by atoms with E-state index in [1.54, 1.807) is 21.3 Å². The van der Waals surface area contributed by atoms with Gasteiger partial charge in [-0.3, -0.25) is 0 Å². The fourth-order valence-electron chi connectivity index (χ4n) is 12.1. The van der Waals surface area contributed by atoms with Gasteiger partial charge in [0.1, 0.15) is 70.8 Å². The molecule has 4 fully saturated rings. The molecule has 4 aromatic heterocycles. The van der Waals surface area contributed by atoms with E-state index in [4.69, 9.17) is 29.5 Å². The highest BCUT2D eigenvalue weighted by Crippen LogP contribution is 2.60. The number of hydrogen-bond donors (Lipinski definition) is 2. The van der Waals surface area contributed by atoms with Crippen LogP contribution in [0.4, 0.5) is 43.9 Å². The largest absolute Gasteiger partial charge is 0.478 e. The van der Waals surface area contributed by atoms with Crippen LogP contribution in [0.2, 0.25) is 0 Å². The number of carboxylic acid groups (broad SMARTS) is 2. The highest BCUT2D eigenvalue weighted by atomic mass is 19.2. The second kappa shape index (κ2) is 24.4. The van der Waals surface area contributed by atoms with Crippen LogP contribution < -0.4 is 9.47 Å². The Morgan fingerprint density at radius 1 is 0.479 bits per heavy atom. The molecule has 26 heteroatoms. The highest BCUT2D eigenvalue weighted by Gasteiger charge is 2.56. The Bertz CT molecular complexity index is 4580. The fraction of sp³-hybridized carbons (Fsp3) is 0.235. The van der Waals surface area contributed by atoms with E-state index in [-0.39, 0.29) is 150 Å². The Morgan fingerprint density at radius 3 is 1.23 bits per heavy atom. The van der Waals surface area contributed by atoms with Gasteiger partial charge in [0.05, 0.1) is 95.3 Å². The molecule has 6 heterocycles. The SMILES string of the molecule is N#Cc1ccc(COc2nc(-c3cc(F)c(Cc4nc5c(F)cc(C(=O)O)cc5n4C4COCC45CC5)cc3F)ccc2F)c(F)c1.N#Cc1ccc(COc2nc(-c3cc(F)c(Cc4nc5c(F)cc(C(=O)O)cc5n4C4COCC45CC5)cc3F)ccc2F)c(F)c1. The number of nitrogens with zero attached hydrogens (tertiary/aromatic N) is 8. The molecule has 16 nitrogen and oxygen atoms in total. The fourth-order valence-corrected chi connectivity index (χ4v) is 12.1. The zero-order valence-electron chi connectivity index (χ0n) is 48.7. The molecule has 2 aliphatic heterocycles. The number of benzene rings is 6. The number of nitriles is 2. The molecule has 10 aromatic rings. The summed E-state index contributed by atoms with van der Waals surface area (Å²) in [4.78, 5) is 40.2. The Kier molecular flexibility index (Phi) is 16.1. The summed E-state index contributed by atoms with van der Waals surface area (Å²) in [5.41, 5.74) is -1.63. The lowest BCUT2D eigenvalue weighted by atomic mass is 9.99. The number of fused-ring (bicyclic) bond motifs is 2. The Balaban J connectivity index is 0.000000171. The molecule has 14 rings (SSSR count). The van der Waals surface area contributed by atoms with Crippen LogP contribution in [0.5, 0.6) is 11.8 Å². The summed E-state index contributed by atoms with van der Waals surface area (Å²) < 4.78 is 176. The number of carbonyl (C=O) groups is 2. The number of carboxylic acids is 2. The maximum absolute atomic E-state index is 15.7. The summed E-state index contributed by atoms with van der Waals surface area (Å²) in [6, 6.07) is 22.6. The van der Waals surface area contributed by atoms with Crippen molar-refractivity contribution >= 4 is 34.0 Å². The van der Waals surface area contributed by atoms with Crippen LogP contribution in [0.15, 0.2) is 109 Å². The van der Waals surface area contributed by atoms with Gasteiger partial charge in [0, 0.05) is 45.9 Å². The Hall–Kier alpha value is -10.7. The van der Waals surface area contributed by atoms with Crippen LogP contribution in [0.25, 0.3) is 44.6 Å². The number of hydrogen-bond acceptors (Lipinski definition) is 12. The minimum atomic E-state index is -1.32. The first-order valence-corrected chi connectivity index (χ1v) is 29.1. The second-order valence-corrected chi connectivity index (χ2v) is 23.4. The Labute approximate surface area is 525 Å². The first kappa shape index (κ1) is 62.1. The van der Waals surface area contributed by atoms with E-state index in [1.165, 1.54) is 36.4 Å². The van der Waals surface area contributed by atoms with Gasteiger partial charge >= 0.3 is 11.9 Å². The average Bonchev–Trinajstić information content (AvgIpc) is 1.57. The van der Waals surface area contributed by atoms with Crippen molar-refractivity contribution in [2.45, 2.75) is 63.8 Å². The van der Waals surface area contributed by atoms with Gasteiger partial charge in [0.25, 0.3) is 11.8 Å². The molecule has 2 N–H and O–H groups in total. The number of pyridine rings is 2. The van der Waals surface area contributed by atoms with Crippen molar-refractivity contribution < 1.29 is 82.7 Å². The lowest BCUT2D eigenvalue weighted by Gasteiger charge is -2.22. The summed E-state index contributed by atoms with van der Waals surface area (Å²) in [6.07, 6.45) is 2.85. The van der Waals surface area contributed by atoms with E-state index in [9.17, 15) is 37.4 Å². The maximum atomic E-state index is 15.7. The molecular formula is C68H46F10N8O8. The molecule has 0 bridgehead atoms. The predicted molar refractivity (Wildman–Crippen MR) is 312 cm³/mol. The van der Waals surface area contributed by atoms with Crippen molar-refractivity contribution in [1.82, 2.24) is 29.1 Å². The molecule has 0 amide bonds. The Morgan fingerprint density at radius 2 is 0.872 bits per heavy atom. The summed E-state index contributed by atoms with van der Waals surface area (Å²) in [5.74, 6) is -11.9. The quantitative estimate of drug-likeness (QED) is 0.0860. The molecule has 2 aliphatic carbocycles. The van der Waals surface area contributed by atoms with Crippen LogP contribution >= 0.6 is 0 Å². The number of aromatic nitrogens is 6. The predicted octanol–water partition coefficient (Wildman–Crippen LogP) is 13.8. The molecule has 94 heavy (non-hydrogen) atoms. The van der Waals surface area contributed by atoms with Crippen LogP contribution in [0, 0.1) is 91.7 Å². The van der Waals surface area contributed by atoms with Crippen LogP contribution in [0.1, 0.15) is 104 Å². The standard InChI is InChI=1S/2C34H23F5N4O4/c2*35-22-3-4-27(41-32(22)47-14-18-2-1-17(13-40)7-23(18)36)21-12-24(37)19(8-25(21)38)11-30-42-31-26(39)9-20(33(44)45)10-28(31)43(30)29-15-46-16-34(29)5-6-34/h2*1-4,7-10,12,29H,5-6,11,14-16H2,(H,44,45). The van der Waals surface area contributed by atoms with E-state index in [0.29, 0.717) is 13.2 Å². The zero-order chi connectivity index (χ0) is 66.1. The van der Waals surface area contributed by atoms with E-state index in [2.05, 4.69) is 19.9 Å². The number of imidazole rings is 2. The van der Waals surface area contributed by atoms with Crippen molar-refractivity contribution in [3.8, 4) is 46.4 Å². The third-order valence-electron chi connectivity index (χ3n) is 17.5. The summed E-state index contributed by atoms with van der Waals surface area (Å²) in [7, 11) is 0. The first-order valence-electron chi connectivity index (χ1n) is 29.1. The number of ether oxygens (including phenoxy) is 4. The molecule has 4 aliphatic rings. The molecule has 2 saturated carbocycles. The van der Waals surface area contributed by atoms with Crippen LogP contribution in [-0.2, 0) is 35.5 Å². The van der Waals surface area contributed by atoms with Crippen molar-refractivity contribution in [3.63, 3.8) is 0 Å². The molecular weight excluding hydrogens is 1250 g/mol. The van der Waals surface area contributed by atoms with Gasteiger partial charge < -0.3 is 38.3 Å². The van der Waals surface area contributed by atoms with Gasteiger partial charge in [-0.25, -0.2) is 73.4 Å². The van der Waals surface area contributed by atoms with E-state index in [1.807, 2.05) is 0 Å². The topological polar surface area (TPSA) is 221 Å². The lowest BCUT2D eigenvalue weighted by molar-refractivity contribution is 0.0686. The van der Waals surface area contributed by atoms with E-state index >= 15 is 26.3 Å². The van der Waals surface area contributed by atoms with Gasteiger partial charge in [-0.1, -0.05) is 12.1 Å². The van der Waals surface area contributed by atoms with Crippen molar-refractivity contribution in [1.29, 1.82) is 10.5 Å².